The minimum absolute atomic E-state index is 0.0514. The zero-order valence-electron chi connectivity index (χ0n) is 9.34. The lowest BCUT2D eigenvalue weighted by molar-refractivity contribution is -0.118. The third-order valence-electron chi connectivity index (χ3n) is 2.33. The fraction of sp³-hybridized carbons (Fsp3) is 0.462. The molecule has 2 heteroatoms. The molecule has 15 heavy (non-hydrogen) atoms. The van der Waals surface area contributed by atoms with Gasteiger partial charge in [0.1, 0.15) is 0 Å². The molecule has 0 atom stereocenters. The summed E-state index contributed by atoms with van der Waals surface area (Å²) in [6, 6.07) is 0. The molecule has 0 unspecified atom stereocenters. The van der Waals surface area contributed by atoms with Gasteiger partial charge in [-0.15, -0.1) is 6.42 Å². The third kappa shape index (κ3) is 3.63. The zero-order valence-corrected chi connectivity index (χ0v) is 9.34. The van der Waals surface area contributed by atoms with Gasteiger partial charge in [0.25, 0.3) is 0 Å². The number of hydrogen-bond donors (Lipinski definition) is 1. The second-order valence-corrected chi connectivity index (χ2v) is 4.24. The first-order valence-corrected chi connectivity index (χ1v) is 5.21. The van der Waals surface area contributed by atoms with E-state index in [4.69, 9.17) is 6.42 Å². The fourth-order valence-electron chi connectivity index (χ4n) is 1.36. The van der Waals surface area contributed by atoms with Crippen molar-refractivity contribution in [1.29, 1.82) is 0 Å². The van der Waals surface area contributed by atoms with E-state index >= 15 is 0 Å². The van der Waals surface area contributed by atoms with Crippen LogP contribution in [-0.2, 0) is 4.79 Å². The van der Waals surface area contributed by atoms with Crippen LogP contribution in [0, 0.1) is 12.3 Å². The number of terminal acetylenes is 1. The van der Waals surface area contributed by atoms with Crippen molar-refractivity contribution in [1.82, 2.24) is 5.32 Å². The van der Waals surface area contributed by atoms with Crippen LogP contribution in [0.2, 0.25) is 0 Å². The minimum Gasteiger partial charge on any atom is -0.337 e. The van der Waals surface area contributed by atoms with Gasteiger partial charge in [0.2, 0.25) is 5.91 Å². The van der Waals surface area contributed by atoms with E-state index in [9.17, 15) is 4.79 Å². The average Bonchev–Trinajstić information content (AvgIpc) is 2.45. The summed E-state index contributed by atoms with van der Waals surface area (Å²) in [5.41, 5.74) is 0.237. The maximum Gasteiger partial charge on any atom is 0.248 e. The van der Waals surface area contributed by atoms with Gasteiger partial charge in [-0.25, -0.2) is 0 Å². The molecule has 80 valence electrons. The van der Waals surface area contributed by atoms with Gasteiger partial charge >= 0.3 is 0 Å². The Morgan fingerprint density at radius 2 is 2.33 bits per heavy atom. The number of allylic oxidation sites excluding steroid dienone is 3. The molecule has 0 aromatic carbocycles. The number of carbonyl (C=O) groups excluding carboxylic acids is 1. The summed E-state index contributed by atoms with van der Waals surface area (Å²) in [5, 5.41) is 2.83. The molecular formula is C13H17NO. The van der Waals surface area contributed by atoms with Gasteiger partial charge in [0, 0.05) is 5.57 Å². The van der Waals surface area contributed by atoms with E-state index in [2.05, 4.69) is 17.3 Å². The highest BCUT2D eigenvalue weighted by Gasteiger charge is 2.19. The van der Waals surface area contributed by atoms with Crippen molar-refractivity contribution >= 4 is 5.91 Å². The molecule has 0 saturated heterocycles. The summed E-state index contributed by atoms with van der Waals surface area (Å²) < 4.78 is 0. The van der Waals surface area contributed by atoms with E-state index in [0.717, 1.165) is 24.8 Å². The topological polar surface area (TPSA) is 29.1 Å². The molecule has 1 amide bonds. The second kappa shape index (κ2) is 4.84. The second-order valence-electron chi connectivity index (χ2n) is 4.24. The fourth-order valence-corrected chi connectivity index (χ4v) is 1.36. The molecular weight excluding hydrogens is 186 g/mol. The van der Waals surface area contributed by atoms with Crippen molar-refractivity contribution < 1.29 is 4.79 Å². The standard InChI is InChI=1S/C13H17NO/c1-4-13(2,3)14-12(15)11-9-7-5-6-8-10-11/h1,5,7,9H,6,8,10H2,2-3H3,(H,14,15). The minimum atomic E-state index is -0.575. The van der Waals surface area contributed by atoms with Crippen molar-refractivity contribution in [2.75, 3.05) is 0 Å². The van der Waals surface area contributed by atoms with Gasteiger partial charge in [0.05, 0.1) is 5.54 Å². The highest BCUT2D eigenvalue weighted by atomic mass is 16.1. The van der Waals surface area contributed by atoms with E-state index in [1.807, 2.05) is 26.0 Å². The van der Waals surface area contributed by atoms with Gasteiger partial charge in [-0.1, -0.05) is 24.1 Å². The lowest BCUT2D eigenvalue weighted by Gasteiger charge is -2.20. The molecule has 2 nitrogen and oxygen atoms in total. The van der Waals surface area contributed by atoms with Crippen LogP contribution < -0.4 is 5.32 Å². The molecule has 0 aromatic heterocycles. The maximum atomic E-state index is 11.8. The molecule has 1 aliphatic carbocycles. The molecule has 0 saturated carbocycles. The van der Waals surface area contributed by atoms with Crippen LogP contribution in [-0.4, -0.2) is 11.4 Å². The Kier molecular flexibility index (Phi) is 3.74. The summed E-state index contributed by atoms with van der Waals surface area (Å²) in [6.45, 7) is 3.63. The quantitative estimate of drug-likeness (QED) is 0.685. The molecule has 1 aliphatic rings. The predicted molar refractivity (Wildman–Crippen MR) is 62.1 cm³/mol. The molecule has 1 N–H and O–H groups in total. The van der Waals surface area contributed by atoms with Crippen molar-refractivity contribution in [3.63, 3.8) is 0 Å². The lowest BCUT2D eigenvalue weighted by atomic mass is 10.0. The van der Waals surface area contributed by atoms with E-state index in [1.165, 1.54) is 0 Å². The first-order chi connectivity index (χ1) is 7.05. The first-order valence-electron chi connectivity index (χ1n) is 5.21. The zero-order chi connectivity index (χ0) is 11.3. The summed E-state index contributed by atoms with van der Waals surface area (Å²) in [5.74, 6) is 2.50. The molecule has 0 aromatic rings. The molecule has 1 rings (SSSR count). The Balaban J connectivity index is 2.65. The normalized spacial score (nSPS) is 16.2. The van der Waals surface area contributed by atoms with Crippen LogP contribution in [0.15, 0.2) is 23.8 Å². The van der Waals surface area contributed by atoms with E-state index in [1.54, 1.807) is 0 Å². The molecule has 0 spiro atoms. The van der Waals surface area contributed by atoms with Crippen LogP contribution in [0.5, 0.6) is 0 Å². The van der Waals surface area contributed by atoms with Crippen LogP contribution >= 0.6 is 0 Å². The average molecular weight is 203 g/mol. The summed E-state index contributed by atoms with van der Waals surface area (Å²) in [7, 11) is 0. The predicted octanol–water partition coefficient (Wildman–Crippen LogP) is 2.18. The lowest BCUT2D eigenvalue weighted by Crippen LogP contribution is -2.42. The van der Waals surface area contributed by atoms with Crippen LogP contribution in [0.25, 0.3) is 0 Å². The highest BCUT2D eigenvalue weighted by molar-refractivity contribution is 5.94. The van der Waals surface area contributed by atoms with Gasteiger partial charge in [0.15, 0.2) is 0 Å². The van der Waals surface area contributed by atoms with Gasteiger partial charge in [-0.05, 0) is 33.1 Å². The van der Waals surface area contributed by atoms with Gasteiger partial charge < -0.3 is 5.32 Å². The van der Waals surface area contributed by atoms with Gasteiger partial charge in [-0.3, -0.25) is 4.79 Å². The molecule has 0 heterocycles. The number of rotatable bonds is 2. The molecule has 0 fully saturated rings. The Hall–Kier alpha value is -1.49. The monoisotopic (exact) mass is 203 g/mol. The molecule has 0 aliphatic heterocycles. The van der Waals surface area contributed by atoms with Crippen LogP contribution in [0.3, 0.4) is 0 Å². The summed E-state index contributed by atoms with van der Waals surface area (Å²) in [6.07, 6.45) is 14.1. The van der Waals surface area contributed by atoms with Gasteiger partial charge in [-0.2, -0.15) is 0 Å². The Labute approximate surface area is 91.4 Å². The number of amides is 1. The number of carbonyl (C=O) groups is 1. The van der Waals surface area contributed by atoms with Crippen LogP contribution in [0.1, 0.15) is 33.1 Å². The largest absolute Gasteiger partial charge is 0.337 e. The van der Waals surface area contributed by atoms with Crippen molar-refractivity contribution in [2.24, 2.45) is 0 Å². The van der Waals surface area contributed by atoms with Crippen LogP contribution in [0.4, 0.5) is 0 Å². The van der Waals surface area contributed by atoms with Crippen molar-refractivity contribution in [2.45, 2.75) is 38.6 Å². The highest BCUT2D eigenvalue weighted by Crippen LogP contribution is 2.13. The maximum absolute atomic E-state index is 11.8. The third-order valence-corrected chi connectivity index (χ3v) is 2.33. The SMILES string of the molecule is C#CC(C)(C)NC(=O)C1=CC=CCCC1. The van der Waals surface area contributed by atoms with E-state index < -0.39 is 5.54 Å². The summed E-state index contributed by atoms with van der Waals surface area (Å²) >= 11 is 0. The molecule has 0 radical (unpaired) electrons. The Morgan fingerprint density at radius 3 is 3.00 bits per heavy atom. The van der Waals surface area contributed by atoms with E-state index in [0.29, 0.717) is 0 Å². The van der Waals surface area contributed by atoms with Crippen molar-refractivity contribution in [3.05, 3.63) is 23.8 Å². The smallest absolute Gasteiger partial charge is 0.248 e. The Bertz CT molecular complexity index is 342. The first kappa shape index (κ1) is 11.6. The Morgan fingerprint density at radius 1 is 1.60 bits per heavy atom. The number of hydrogen-bond acceptors (Lipinski definition) is 1. The summed E-state index contributed by atoms with van der Waals surface area (Å²) in [4.78, 5) is 11.8. The molecule has 0 bridgehead atoms. The van der Waals surface area contributed by atoms with Crippen molar-refractivity contribution in [3.8, 4) is 12.3 Å². The van der Waals surface area contributed by atoms with E-state index in [-0.39, 0.29) is 5.91 Å². The number of nitrogens with one attached hydrogen (secondary N) is 1.